The molecule has 0 rings (SSSR count). The third-order valence-corrected chi connectivity index (χ3v) is 1.60. The lowest BCUT2D eigenvalue weighted by molar-refractivity contribution is -0.314. The van der Waals surface area contributed by atoms with E-state index in [1.54, 1.807) is 0 Å². The molecule has 9 heteroatoms. The largest absolute Gasteiger partial charge is 0.425 e. The fourth-order valence-corrected chi connectivity index (χ4v) is 0.706. The molecule has 0 aromatic rings. The first-order valence-electron chi connectivity index (χ1n) is 3.62. The minimum absolute atomic E-state index is 0.336. The molecule has 0 N–H and O–H groups in total. The average Bonchev–Trinajstić information content (AvgIpc) is 2.13. The Hall–Kier alpha value is -0.890. The average molecular weight is 260 g/mol. The molecule has 0 amide bonds. The van der Waals surface area contributed by atoms with Gasteiger partial charge in [-0.1, -0.05) is 12.7 Å². The van der Waals surface area contributed by atoms with E-state index in [1.807, 2.05) is 0 Å². The molecule has 0 aromatic heterocycles. The van der Waals surface area contributed by atoms with E-state index in [4.69, 9.17) is 0 Å². The molecule has 0 radical (unpaired) electrons. The maximum atomic E-state index is 12.4. The fourth-order valence-electron chi connectivity index (χ4n) is 0.706. The third-order valence-electron chi connectivity index (χ3n) is 1.60. The molecule has 0 saturated heterocycles. The van der Waals surface area contributed by atoms with Crippen molar-refractivity contribution in [2.75, 3.05) is 0 Å². The molecule has 0 heterocycles. The van der Waals surface area contributed by atoms with Crippen molar-refractivity contribution in [3.8, 4) is 0 Å². The molecule has 0 aliphatic rings. The van der Waals surface area contributed by atoms with Crippen molar-refractivity contribution in [3.05, 3.63) is 12.7 Å². The lowest BCUT2D eigenvalue weighted by atomic mass is 10.0. The van der Waals surface area contributed by atoms with Gasteiger partial charge in [0, 0.05) is 0 Å². The second-order valence-corrected chi connectivity index (χ2v) is 2.79. The first-order valence-corrected chi connectivity index (χ1v) is 3.62. The van der Waals surface area contributed by atoms with Gasteiger partial charge in [0.1, 0.15) is 0 Å². The Kier molecular flexibility index (Phi) is 3.94. The van der Waals surface area contributed by atoms with E-state index in [0.29, 0.717) is 0 Å². The molecule has 0 fully saturated rings. The van der Waals surface area contributed by atoms with Gasteiger partial charge in [-0.3, -0.25) is 0 Å². The molecule has 2 atom stereocenters. The Balaban J connectivity index is 5.26. The van der Waals surface area contributed by atoms with Gasteiger partial charge in [0.05, 0.1) is 0 Å². The van der Waals surface area contributed by atoms with E-state index in [0.717, 1.165) is 0 Å². The van der Waals surface area contributed by atoms with Crippen LogP contribution in [0.4, 0.5) is 39.5 Å². The van der Waals surface area contributed by atoms with E-state index in [1.165, 1.54) is 0 Å². The summed E-state index contributed by atoms with van der Waals surface area (Å²) in [5, 5.41) is 0. The summed E-state index contributed by atoms with van der Waals surface area (Å²) in [6.07, 6.45) is -15.5. The van der Waals surface area contributed by atoms with Gasteiger partial charge in [0.15, 0.2) is 6.17 Å². The van der Waals surface area contributed by atoms with Crippen LogP contribution in [0.15, 0.2) is 12.7 Å². The predicted octanol–water partition coefficient (Wildman–Crippen LogP) is 3.68. The van der Waals surface area contributed by atoms with Crippen molar-refractivity contribution in [3.63, 3.8) is 0 Å². The lowest BCUT2D eigenvalue weighted by Gasteiger charge is -2.30. The molecule has 0 bridgehead atoms. The zero-order valence-electron chi connectivity index (χ0n) is 7.34. The topological polar surface area (TPSA) is 0 Å². The van der Waals surface area contributed by atoms with Crippen molar-refractivity contribution < 1.29 is 39.5 Å². The molecule has 0 saturated carbocycles. The van der Waals surface area contributed by atoms with Crippen LogP contribution in [0.1, 0.15) is 0 Å². The minimum Gasteiger partial charge on any atom is -0.236 e. The van der Waals surface area contributed by atoms with Gasteiger partial charge in [-0.25, -0.2) is 8.78 Å². The zero-order chi connectivity index (χ0) is 13.4. The standard InChI is InChI=1S/C7H5F9/c1-2-3(8)5(10,11)6(12,13)4(9)7(14,15)16/h2-4H,1H2. The molecule has 0 aliphatic heterocycles. The van der Waals surface area contributed by atoms with Crippen molar-refractivity contribution in [2.24, 2.45) is 0 Å². The van der Waals surface area contributed by atoms with Crippen molar-refractivity contribution in [1.29, 1.82) is 0 Å². The highest BCUT2D eigenvalue weighted by Gasteiger charge is 2.72. The summed E-state index contributed by atoms with van der Waals surface area (Å²) in [6, 6.07) is 0. The number of allylic oxidation sites excluding steroid dienone is 1. The van der Waals surface area contributed by atoms with E-state index in [2.05, 4.69) is 6.58 Å². The van der Waals surface area contributed by atoms with Crippen LogP contribution in [0, 0.1) is 0 Å². The van der Waals surface area contributed by atoms with Crippen molar-refractivity contribution in [2.45, 2.75) is 30.4 Å². The summed E-state index contributed by atoms with van der Waals surface area (Å²) in [7, 11) is 0. The van der Waals surface area contributed by atoms with Crippen LogP contribution in [0.25, 0.3) is 0 Å². The third kappa shape index (κ3) is 2.43. The Bertz CT molecular complexity index is 253. The van der Waals surface area contributed by atoms with Gasteiger partial charge in [0.25, 0.3) is 6.17 Å². The number of rotatable bonds is 4. The number of halogens is 9. The highest BCUT2D eigenvalue weighted by atomic mass is 19.4. The summed E-state index contributed by atoms with van der Waals surface area (Å²) in [5.74, 6) is -12.0. The van der Waals surface area contributed by atoms with Gasteiger partial charge >= 0.3 is 18.0 Å². The normalized spacial score (nSPS) is 18.1. The number of hydrogen-bond acceptors (Lipinski definition) is 0. The maximum Gasteiger partial charge on any atom is 0.425 e. The maximum absolute atomic E-state index is 12.4. The lowest BCUT2D eigenvalue weighted by Crippen LogP contribution is -2.57. The van der Waals surface area contributed by atoms with Gasteiger partial charge in [0.2, 0.25) is 0 Å². The van der Waals surface area contributed by atoms with Crippen LogP contribution in [0.2, 0.25) is 0 Å². The Morgan fingerprint density at radius 3 is 1.44 bits per heavy atom. The van der Waals surface area contributed by atoms with Crippen LogP contribution >= 0.6 is 0 Å². The van der Waals surface area contributed by atoms with Crippen molar-refractivity contribution in [1.82, 2.24) is 0 Å². The molecule has 0 spiro atoms. The molecule has 16 heavy (non-hydrogen) atoms. The molecule has 96 valence electrons. The van der Waals surface area contributed by atoms with E-state index in [-0.39, 0.29) is 6.08 Å². The van der Waals surface area contributed by atoms with Crippen LogP contribution in [0.3, 0.4) is 0 Å². The monoisotopic (exact) mass is 260 g/mol. The van der Waals surface area contributed by atoms with E-state index >= 15 is 0 Å². The molecule has 0 aromatic carbocycles. The van der Waals surface area contributed by atoms with Gasteiger partial charge < -0.3 is 0 Å². The van der Waals surface area contributed by atoms with E-state index in [9.17, 15) is 39.5 Å². The van der Waals surface area contributed by atoms with Crippen LogP contribution in [-0.2, 0) is 0 Å². The molecular weight excluding hydrogens is 255 g/mol. The first-order chi connectivity index (χ1) is 6.89. The fraction of sp³-hybridized carbons (Fsp3) is 0.714. The summed E-state index contributed by atoms with van der Waals surface area (Å²) in [4.78, 5) is 0. The van der Waals surface area contributed by atoms with E-state index < -0.39 is 30.4 Å². The zero-order valence-corrected chi connectivity index (χ0v) is 7.34. The molecular formula is C7H5F9. The van der Waals surface area contributed by atoms with Crippen LogP contribution in [-0.4, -0.2) is 30.4 Å². The second-order valence-electron chi connectivity index (χ2n) is 2.79. The Labute approximate surface area is 83.7 Å². The van der Waals surface area contributed by atoms with Gasteiger partial charge in [-0.15, -0.1) is 0 Å². The smallest absolute Gasteiger partial charge is 0.236 e. The Morgan fingerprint density at radius 2 is 1.19 bits per heavy atom. The summed E-state index contributed by atoms with van der Waals surface area (Å²) in [5.41, 5.74) is 0. The predicted molar refractivity (Wildman–Crippen MR) is 35.9 cm³/mol. The highest BCUT2D eigenvalue weighted by Crippen LogP contribution is 2.46. The molecule has 2 unspecified atom stereocenters. The minimum atomic E-state index is -6.21. The molecule has 0 aliphatic carbocycles. The van der Waals surface area contributed by atoms with Crippen molar-refractivity contribution >= 4 is 0 Å². The molecule has 0 nitrogen and oxygen atoms in total. The summed E-state index contributed by atoms with van der Waals surface area (Å²) < 4.78 is 109. The van der Waals surface area contributed by atoms with Gasteiger partial charge in [-0.2, -0.15) is 30.7 Å². The second kappa shape index (κ2) is 4.17. The number of alkyl halides is 9. The number of hydrogen-bond donors (Lipinski definition) is 0. The Morgan fingerprint density at radius 1 is 0.812 bits per heavy atom. The summed E-state index contributed by atoms with van der Waals surface area (Å²) in [6.45, 7) is 2.37. The van der Waals surface area contributed by atoms with Crippen LogP contribution in [0.5, 0.6) is 0 Å². The van der Waals surface area contributed by atoms with Crippen LogP contribution < -0.4 is 0 Å². The first kappa shape index (κ1) is 15.1. The highest BCUT2D eigenvalue weighted by molar-refractivity contribution is 5.03. The summed E-state index contributed by atoms with van der Waals surface area (Å²) >= 11 is 0. The van der Waals surface area contributed by atoms with Gasteiger partial charge in [-0.05, 0) is 0 Å². The SMILES string of the molecule is C=CC(F)C(F)(F)C(F)(F)C(F)C(F)(F)F. The quantitative estimate of drug-likeness (QED) is 0.534.